The Bertz CT molecular complexity index is 626. The zero-order valence-electron chi connectivity index (χ0n) is 12.5. The van der Waals surface area contributed by atoms with Crippen molar-refractivity contribution in [2.45, 2.75) is 25.7 Å². The van der Waals surface area contributed by atoms with Crippen molar-refractivity contribution in [3.63, 3.8) is 0 Å². The molecule has 0 N–H and O–H groups in total. The molecule has 0 radical (unpaired) electrons. The Balaban J connectivity index is 1.69. The molecule has 0 heterocycles. The second-order valence-electron chi connectivity index (χ2n) is 5.64. The summed E-state index contributed by atoms with van der Waals surface area (Å²) in [6.45, 7) is 2.12. The molecule has 0 amide bonds. The lowest BCUT2D eigenvalue weighted by molar-refractivity contribution is 0.0965. The van der Waals surface area contributed by atoms with Crippen molar-refractivity contribution in [2.24, 2.45) is 5.92 Å². The van der Waals surface area contributed by atoms with E-state index in [1.54, 1.807) is 7.11 Å². The maximum absolute atomic E-state index is 12.5. The number of benzene rings is 2. The summed E-state index contributed by atoms with van der Waals surface area (Å²) in [5.41, 5.74) is 3.35. The second kappa shape index (κ2) is 5.72. The van der Waals surface area contributed by atoms with Gasteiger partial charge in [-0.25, -0.2) is 0 Å². The number of Topliss-reactive ketones (excluding diaryl/α,β-unsaturated/α-hetero) is 1. The maximum atomic E-state index is 12.5. The van der Waals surface area contributed by atoms with Gasteiger partial charge in [-0.1, -0.05) is 43.3 Å². The van der Waals surface area contributed by atoms with E-state index < -0.39 is 0 Å². The van der Waals surface area contributed by atoms with E-state index in [0.29, 0.717) is 5.92 Å². The zero-order valence-corrected chi connectivity index (χ0v) is 12.5. The summed E-state index contributed by atoms with van der Waals surface area (Å²) in [7, 11) is 1.67. The molecule has 2 heteroatoms. The van der Waals surface area contributed by atoms with Crippen molar-refractivity contribution >= 4 is 5.78 Å². The van der Waals surface area contributed by atoms with Gasteiger partial charge in [-0.05, 0) is 42.0 Å². The Morgan fingerprint density at radius 2 is 1.76 bits per heavy atom. The van der Waals surface area contributed by atoms with Crippen LogP contribution in [0.2, 0.25) is 0 Å². The van der Waals surface area contributed by atoms with Gasteiger partial charge in [0.15, 0.2) is 5.78 Å². The second-order valence-corrected chi connectivity index (χ2v) is 5.64. The van der Waals surface area contributed by atoms with E-state index in [1.807, 2.05) is 24.3 Å². The van der Waals surface area contributed by atoms with Crippen molar-refractivity contribution in [2.75, 3.05) is 7.11 Å². The van der Waals surface area contributed by atoms with Gasteiger partial charge in [0, 0.05) is 11.5 Å². The minimum Gasteiger partial charge on any atom is -0.497 e. The first-order valence-electron chi connectivity index (χ1n) is 7.50. The van der Waals surface area contributed by atoms with Crippen LogP contribution in [0.1, 0.15) is 40.7 Å². The lowest BCUT2D eigenvalue weighted by Gasteiger charge is -2.04. The van der Waals surface area contributed by atoms with Gasteiger partial charge in [-0.15, -0.1) is 0 Å². The van der Waals surface area contributed by atoms with Crippen LogP contribution in [0.5, 0.6) is 5.75 Å². The van der Waals surface area contributed by atoms with Crippen LogP contribution in [0.4, 0.5) is 0 Å². The molecule has 2 unspecified atom stereocenters. The van der Waals surface area contributed by atoms with Gasteiger partial charge in [-0.3, -0.25) is 4.79 Å². The normalized spacial score (nSPS) is 20.1. The lowest BCUT2D eigenvalue weighted by Crippen LogP contribution is -2.03. The van der Waals surface area contributed by atoms with Gasteiger partial charge in [0.05, 0.1) is 7.11 Å². The highest BCUT2D eigenvalue weighted by Gasteiger charge is 2.43. The summed E-state index contributed by atoms with van der Waals surface area (Å²) in [6.07, 6.45) is 1.97. The molecular weight excluding hydrogens is 260 g/mol. The third-order valence-corrected chi connectivity index (χ3v) is 4.32. The molecule has 1 aliphatic rings. The summed E-state index contributed by atoms with van der Waals surface area (Å²) in [6, 6.07) is 16.1. The number of aryl methyl sites for hydroxylation is 1. The quantitative estimate of drug-likeness (QED) is 0.766. The molecule has 3 rings (SSSR count). The fourth-order valence-corrected chi connectivity index (χ4v) is 2.82. The van der Waals surface area contributed by atoms with Gasteiger partial charge >= 0.3 is 0 Å². The van der Waals surface area contributed by atoms with E-state index in [2.05, 4.69) is 31.2 Å². The van der Waals surface area contributed by atoms with E-state index in [0.717, 1.165) is 24.2 Å². The molecule has 0 bridgehead atoms. The third kappa shape index (κ3) is 2.85. The van der Waals surface area contributed by atoms with E-state index >= 15 is 0 Å². The Morgan fingerprint density at radius 3 is 2.33 bits per heavy atom. The highest BCUT2D eigenvalue weighted by atomic mass is 16.5. The molecule has 2 atom stereocenters. The van der Waals surface area contributed by atoms with Crippen LogP contribution in [-0.4, -0.2) is 12.9 Å². The van der Waals surface area contributed by atoms with E-state index in [4.69, 9.17) is 4.74 Å². The van der Waals surface area contributed by atoms with E-state index in [9.17, 15) is 4.79 Å². The highest BCUT2D eigenvalue weighted by molar-refractivity contribution is 6.00. The van der Waals surface area contributed by atoms with Crippen molar-refractivity contribution in [3.8, 4) is 5.75 Å². The number of hydrogen-bond donors (Lipinski definition) is 0. The highest BCUT2D eigenvalue weighted by Crippen LogP contribution is 2.49. The zero-order chi connectivity index (χ0) is 14.8. The van der Waals surface area contributed by atoms with Crippen molar-refractivity contribution in [3.05, 3.63) is 65.2 Å². The molecule has 2 aromatic rings. The van der Waals surface area contributed by atoms with Crippen molar-refractivity contribution in [1.82, 2.24) is 0 Å². The average Bonchev–Trinajstić information content (AvgIpc) is 3.35. The fraction of sp³-hybridized carbons (Fsp3) is 0.316. The smallest absolute Gasteiger partial charge is 0.166 e. The van der Waals surface area contributed by atoms with Crippen LogP contribution < -0.4 is 4.74 Å². The van der Waals surface area contributed by atoms with Crippen molar-refractivity contribution < 1.29 is 9.53 Å². The van der Waals surface area contributed by atoms with Gasteiger partial charge in [0.1, 0.15) is 5.75 Å². The molecule has 1 fully saturated rings. The summed E-state index contributed by atoms with van der Waals surface area (Å²) in [4.78, 5) is 12.5. The third-order valence-electron chi connectivity index (χ3n) is 4.32. The Kier molecular flexibility index (Phi) is 3.78. The molecule has 108 valence electrons. The van der Waals surface area contributed by atoms with E-state index in [-0.39, 0.29) is 11.7 Å². The summed E-state index contributed by atoms with van der Waals surface area (Å²) >= 11 is 0. The Labute approximate surface area is 125 Å². The number of methoxy groups -OCH3 is 1. The monoisotopic (exact) mass is 280 g/mol. The summed E-state index contributed by atoms with van der Waals surface area (Å²) in [5, 5.41) is 0. The standard InChI is InChI=1S/C19H20O2/c1-3-13-4-6-15(7-5-13)19(20)18-12-17(18)14-8-10-16(21-2)11-9-14/h4-11,17-18H,3,12H2,1-2H3. The first-order valence-corrected chi connectivity index (χ1v) is 7.50. The van der Waals surface area contributed by atoms with Crippen LogP contribution >= 0.6 is 0 Å². The Hall–Kier alpha value is -2.09. The number of carbonyl (C=O) groups is 1. The number of ether oxygens (including phenoxy) is 1. The predicted molar refractivity (Wildman–Crippen MR) is 84.0 cm³/mol. The van der Waals surface area contributed by atoms with Crippen LogP contribution in [0.25, 0.3) is 0 Å². The summed E-state index contributed by atoms with van der Waals surface area (Å²) < 4.78 is 5.17. The van der Waals surface area contributed by atoms with Gasteiger partial charge in [0.25, 0.3) is 0 Å². The molecule has 1 aliphatic carbocycles. The maximum Gasteiger partial charge on any atom is 0.166 e. The number of rotatable bonds is 5. The van der Waals surface area contributed by atoms with Gasteiger partial charge in [-0.2, -0.15) is 0 Å². The molecule has 2 nitrogen and oxygen atoms in total. The fourth-order valence-electron chi connectivity index (χ4n) is 2.82. The molecule has 0 spiro atoms. The van der Waals surface area contributed by atoms with Crippen molar-refractivity contribution in [1.29, 1.82) is 0 Å². The molecular formula is C19H20O2. The average molecular weight is 280 g/mol. The molecule has 0 saturated heterocycles. The SMILES string of the molecule is CCc1ccc(C(=O)C2CC2c2ccc(OC)cc2)cc1. The number of ketones is 1. The predicted octanol–water partition coefficient (Wildman–Crippen LogP) is 4.24. The van der Waals surface area contributed by atoms with Crippen LogP contribution in [0.15, 0.2) is 48.5 Å². The minimum atomic E-state index is 0.144. The number of hydrogen-bond acceptors (Lipinski definition) is 2. The molecule has 0 aromatic heterocycles. The van der Waals surface area contributed by atoms with Gasteiger partial charge < -0.3 is 4.74 Å². The lowest BCUT2D eigenvalue weighted by atomic mass is 10.0. The van der Waals surface area contributed by atoms with E-state index in [1.165, 1.54) is 11.1 Å². The minimum absolute atomic E-state index is 0.144. The largest absolute Gasteiger partial charge is 0.497 e. The van der Waals surface area contributed by atoms with Crippen LogP contribution in [0.3, 0.4) is 0 Å². The summed E-state index contributed by atoms with van der Waals surface area (Å²) in [5.74, 6) is 1.65. The van der Waals surface area contributed by atoms with Gasteiger partial charge in [0.2, 0.25) is 0 Å². The number of carbonyl (C=O) groups excluding carboxylic acids is 1. The molecule has 2 aromatic carbocycles. The molecule has 21 heavy (non-hydrogen) atoms. The first kappa shape index (κ1) is 13.9. The molecule has 1 saturated carbocycles. The topological polar surface area (TPSA) is 26.3 Å². The Morgan fingerprint density at radius 1 is 1.10 bits per heavy atom. The van der Waals surface area contributed by atoms with Crippen LogP contribution in [-0.2, 0) is 6.42 Å². The first-order chi connectivity index (χ1) is 10.2. The van der Waals surface area contributed by atoms with Crippen LogP contribution in [0, 0.1) is 5.92 Å². The molecule has 0 aliphatic heterocycles.